The van der Waals surface area contributed by atoms with Crippen molar-refractivity contribution >= 4 is 22.7 Å². The Morgan fingerprint density at radius 3 is 2.45 bits per heavy atom. The number of para-hydroxylation sites is 1. The largest absolute Gasteiger partial charge is 0.451 e. The zero-order valence-electron chi connectivity index (χ0n) is 12.1. The molecule has 0 aliphatic carbocycles. The van der Waals surface area contributed by atoms with E-state index in [0.29, 0.717) is 11.1 Å². The second kappa shape index (κ2) is 5.85. The van der Waals surface area contributed by atoms with Gasteiger partial charge in [-0.05, 0) is 25.1 Å². The van der Waals surface area contributed by atoms with Gasteiger partial charge >= 0.3 is 5.97 Å². The minimum Gasteiger partial charge on any atom is -0.451 e. The average Bonchev–Trinajstić information content (AvgIpc) is 2.99. The number of carbonyl (C=O) groups is 2. The van der Waals surface area contributed by atoms with Gasteiger partial charge in [-0.1, -0.05) is 36.4 Å². The quantitative estimate of drug-likeness (QED) is 0.590. The van der Waals surface area contributed by atoms with E-state index in [-0.39, 0.29) is 5.78 Å². The minimum atomic E-state index is -0.841. The number of rotatable bonds is 4. The van der Waals surface area contributed by atoms with Gasteiger partial charge in [-0.3, -0.25) is 4.79 Å². The van der Waals surface area contributed by atoms with Crippen LogP contribution in [0.3, 0.4) is 0 Å². The monoisotopic (exact) mass is 293 g/mol. The Morgan fingerprint density at radius 1 is 1.00 bits per heavy atom. The van der Waals surface area contributed by atoms with Gasteiger partial charge in [-0.25, -0.2) is 4.79 Å². The lowest BCUT2D eigenvalue weighted by atomic mass is 10.1. The summed E-state index contributed by atoms with van der Waals surface area (Å²) in [4.78, 5) is 27.5. The predicted molar refractivity (Wildman–Crippen MR) is 83.9 cm³/mol. The van der Waals surface area contributed by atoms with E-state index in [1.807, 2.05) is 30.3 Å². The molecule has 3 rings (SSSR count). The molecule has 0 unspecified atom stereocenters. The summed E-state index contributed by atoms with van der Waals surface area (Å²) in [5.41, 5.74) is 1.84. The molecule has 22 heavy (non-hydrogen) atoms. The highest BCUT2D eigenvalue weighted by Gasteiger charge is 2.22. The van der Waals surface area contributed by atoms with Crippen molar-refractivity contribution in [3.63, 3.8) is 0 Å². The van der Waals surface area contributed by atoms with Gasteiger partial charge in [0.05, 0.1) is 5.56 Å². The number of ether oxygens (including phenoxy) is 1. The molecule has 0 amide bonds. The standard InChI is InChI=1S/C18H15NO3/c1-12(22-18(21)13-7-3-2-4-8-13)17(20)15-11-19-16-10-6-5-9-14(15)16/h2-12,19H,1H3/t12-/m0/s1. The van der Waals surface area contributed by atoms with Crippen LogP contribution < -0.4 is 0 Å². The molecule has 4 heteroatoms. The predicted octanol–water partition coefficient (Wildman–Crippen LogP) is 3.60. The van der Waals surface area contributed by atoms with Crippen molar-refractivity contribution in [2.45, 2.75) is 13.0 Å². The van der Waals surface area contributed by atoms with Crippen molar-refractivity contribution in [1.29, 1.82) is 0 Å². The molecule has 0 aliphatic heterocycles. The summed E-state index contributed by atoms with van der Waals surface area (Å²) in [6.07, 6.45) is 0.812. The number of nitrogens with one attached hydrogen (secondary N) is 1. The van der Waals surface area contributed by atoms with E-state index in [2.05, 4.69) is 4.98 Å². The summed E-state index contributed by atoms with van der Waals surface area (Å²) in [6.45, 7) is 1.59. The van der Waals surface area contributed by atoms with Crippen LogP contribution in [0.2, 0.25) is 0 Å². The highest BCUT2D eigenvalue weighted by atomic mass is 16.5. The molecule has 1 aromatic heterocycles. The molecule has 0 aliphatic rings. The summed E-state index contributed by atoms with van der Waals surface area (Å²) < 4.78 is 5.27. The normalized spacial score (nSPS) is 12.0. The summed E-state index contributed by atoms with van der Waals surface area (Å²) >= 11 is 0. The van der Waals surface area contributed by atoms with Gasteiger partial charge in [0.2, 0.25) is 5.78 Å². The molecule has 1 heterocycles. The van der Waals surface area contributed by atoms with Crippen LogP contribution >= 0.6 is 0 Å². The van der Waals surface area contributed by atoms with Crippen LogP contribution in [0.1, 0.15) is 27.6 Å². The molecular formula is C18H15NO3. The van der Waals surface area contributed by atoms with Gasteiger partial charge < -0.3 is 9.72 Å². The van der Waals surface area contributed by atoms with Crippen molar-refractivity contribution in [2.75, 3.05) is 0 Å². The zero-order chi connectivity index (χ0) is 15.5. The molecular weight excluding hydrogens is 278 g/mol. The van der Waals surface area contributed by atoms with Crippen LogP contribution in [0, 0.1) is 0 Å². The molecule has 2 aromatic carbocycles. The summed E-state index contributed by atoms with van der Waals surface area (Å²) in [6, 6.07) is 16.2. The molecule has 1 atom stereocenters. The number of benzene rings is 2. The topological polar surface area (TPSA) is 59.2 Å². The van der Waals surface area contributed by atoms with Gasteiger partial charge in [0, 0.05) is 22.7 Å². The second-order valence-electron chi connectivity index (χ2n) is 5.03. The molecule has 1 N–H and O–H groups in total. The van der Waals surface area contributed by atoms with Crippen molar-refractivity contribution in [2.24, 2.45) is 0 Å². The number of aromatic nitrogens is 1. The highest BCUT2D eigenvalue weighted by molar-refractivity contribution is 6.10. The van der Waals surface area contributed by atoms with Gasteiger partial charge in [0.25, 0.3) is 0 Å². The van der Waals surface area contributed by atoms with Gasteiger partial charge in [-0.15, -0.1) is 0 Å². The van der Waals surface area contributed by atoms with E-state index in [1.165, 1.54) is 0 Å². The Balaban J connectivity index is 1.79. The molecule has 0 fully saturated rings. The third-order valence-corrected chi connectivity index (χ3v) is 3.52. The van der Waals surface area contributed by atoms with Crippen LogP contribution in [0.4, 0.5) is 0 Å². The number of hydrogen-bond acceptors (Lipinski definition) is 3. The Morgan fingerprint density at radius 2 is 1.68 bits per heavy atom. The minimum absolute atomic E-state index is 0.221. The molecule has 110 valence electrons. The first-order valence-corrected chi connectivity index (χ1v) is 7.03. The van der Waals surface area contributed by atoms with Gasteiger partial charge in [0.1, 0.15) is 0 Å². The van der Waals surface area contributed by atoms with Gasteiger partial charge in [0.15, 0.2) is 6.10 Å². The zero-order valence-corrected chi connectivity index (χ0v) is 12.1. The molecule has 0 saturated carbocycles. The maximum atomic E-state index is 12.5. The maximum Gasteiger partial charge on any atom is 0.338 e. The first kappa shape index (κ1) is 14.1. The van der Waals surface area contributed by atoms with E-state index in [4.69, 9.17) is 4.74 Å². The van der Waals surface area contributed by atoms with Crippen LogP contribution in [0.25, 0.3) is 10.9 Å². The smallest absolute Gasteiger partial charge is 0.338 e. The van der Waals surface area contributed by atoms with Crippen LogP contribution in [0.5, 0.6) is 0 Å². The fourth-order valence-corrected chi connectivity index (χ4v) is 2.35. The molecule has 0 bridgehead atoms. The number of fused-ring (bicyclic) bond motifs is 1. The van der Waals surface area contributed by atoms with Crippen LogP contribution in [-0.4, -0.2) is 22.8 Å². The first-order chi connectivity index (χ1) is 10.7. The first-order valence-electron chi connectivity index (χ1n) is 7.03. The Kier molecular flexibility index (Phi) is 3.74. The molecule has 3 aromatic rings. The van der Waals surface area contributed by atoms with E-state index < -0.39 is 12.1 Å². The number of Topliss-reactive ketones (excluding diaryl/α,β-unsaturated/α-hetero) is 1. The van der Waals surface area contributed by atoms with Crippen molar-refractivity contribution in [3.05, 3.63) is 71.9 Å². The number of hydrogen-bond donors (Lipinski definition) is 1. The van der Waals surface area contributed by atoms with Crippen molar-refractivity contribution in [1.82, 2.24) is 4.98 Å². The molecule has 0 radical (unpaired) electrons. The summed E-state index contributed by atoms with van der Waals surface area (Å²) in [7, 11) is 0. The Bertz CT molecular complexity index is 820. The molecule has 4 nitrogen and oxygen atoms in total. The lowest BCUT2D eigenvalue weighted by Crippen LogP contribution is -2.24. The third kappa shape index (κ3) is 2.63. The van der Waals surface area contributed by atoms with Crippen LogP contribution in [0.15, 0.2) is 60.8 Å². The van der Waals surface area contributed by atoms with E-state index >= 15 is 0 Å². The number of H-pyrrole nitrogens is 1. The number of carbonyl (C=O) groups excluding carboxylic acids is 2. The fourth-order valence-electron chi connectivity index (χ4n) is 2.35. The van der Waals surface area contributed by atoms with E-state index in [0.717, 1.165) is 10.9 Å². The SMILES string of the molecule is C[C@H](OC(=O)c1ccccc1)C(=O)c1c[nH]c2ccccc12. The number of esters is 1. The lowest BCUT2D eigenvalue weighted by Gasteiger charge is -2.11. The molecule has 0 saturated heterocycles. The fraction of sp³-hybridized carbons (Fsp3) is 0.111. The summed E-state index contributed by atoms with van der Waals surface area (Å²) in [5, 5.41) is 0.829. The maximum absolute atomic E-state index is 12.5. The Hall–Kier alpha value is -2.88. The number of ketones is 1. The number of aromatic amines is 1. The molecule has 0 spiro atoms. The van der Waals surface area contributed by atoms with Crippen molar-refractivity contribution in [3.8, 4) is 0 Å². The lowest BCUT2D eigenvalue weighted by molar-refractivity contribution is 0.0319. The van der Waals surface area contributed by atoms with E-state index in [9.17, 15) is 9.59 Å². The third-order valence-electron chi connectivity index (χ3n) is 3.52. The summed E-state index contributed by atoms with van der Waals surface area (Å²) in [5.74, 6) is -0.719. The van der Waals surface area contributed by atoms with Crippen molar-refractivity contribution < 1.29 is 14.3 Å². The van der Waals surface area contributed by atoms with Crippen LogP contribution in [-0.2, 0) is 4.74 Å². The average molecular weight is 293 g/mol. The highest BCUT2D eigenvalue weighted by Crippen LogP contribution is 2.20. The van der Waals surface area contributed by atoms with E-state index in [1.54, 1.807) is 37.4 Å². The second-order valence-corrected chi connectivity index (χ2v) is 5.03. The Labute approximate surface area is 127 Å². The van der Waals surface area contributed by atoms with Gasteiger partial charge in [-0.2, -0.15) is 0 Å².